The van der Waals surface area contributed by atoms with Crippen LogP contribution in [-0.2, 0) is 11.8 Å². The topological polar surface area (TPSA) is 72.7 Å². The van der Waals surface area contributed by atoms with Crippen molar-refractivity contribution in [2.24, 2.45) is 7.05 Å². The summed E-state index contributed by atoms with van der Waals surface area (Å²) in [6, 6.07) is 1.52. The molecule has 2 heterocycles. The summed E-state index contributed by atoms with van der Waals surface area (Å²) in [5.74, 6) is 0.243. The number of hydrogen-bond donors (Lipinski definition) is 1. The zero-order chi connectivity index (χ0) is 13.8. The molecule has 0 spiro atoms. The van der Waals surface area contributed by atoms with Crippen LogP contribution in [0.25, 0.3) is 0 Å². The Morgan fingerprint density at radius 1 is 1.53 bits per heavy atom. The molecule has 2 rings (SSSR count). The minimum Gasteiger partial charge on any atom is -0.312 e. The molecule has 6 nitrogen and oxygen atoms in total. The normalized spacial score (nSPS) is 10.5. The van der Waals surface area contributed by atoms with Crippen molar-refractivity contribution in [3.05, 3.63) is 28.6 Å². The number of thioether (sulfide) groups is 1. The molecule has 0 saturated carbocycles. The van der Waals surface area contributed by atoms with Gasteiger partial charge in [-0.15, -0.1) is 10.2 Å². The van der Waals surface area contributed by atoms with Gasteiger partial charge in [-0.2, -0.15) is 0 Å². The van der Waals surface area contributed by atoms with Crippen molar-refractivity contribution in [1.29, 1.82) is 0 Å². The van der Waals surface area contributed by atoms with Crippen molar-refractivity contribution in [2.45, 2.75) is 5.16 Å². The lowest BCUT2D eigenvalue weighted by atomic mass is 10.4. The molecule has 0 atom stereocenters. The van der Waals surface area contributed by atoms with Gasteiger partial charge in [0.2, 0.25) is 5.91 Å². The fourth-order valence-corrected chi connectivity index (χ4v) is 2.32. The van der Waals surface area contributed by atoms with Gasteiger partial charge in [-0.05, 0) is 6.07 Å². The van der Waals surface area contributed by atoms with Gasteiger partial charge < -0.3 is 9.88 Å². The van der Waals surface area contributed by atoms with Crippen LogP contribution in [0.2, 0.25) is 10.0 Å². The summed E-state index contributed by atoms with van der Waals surface area (Å²) in [4.78, 5) is 15.7. The molecule has 2 aromatic heterocycles. The number of rotatable bonds is 4. The molecule has 100 valence electrons. The van der Waals surface area contributed by atoms with Gasteiger partial charge in [-0.1, -0.05) is 35.0 Å². The van der Waals surface area contributed by atoms with E-state index >= 15 is 0 Å². The van der Waals surface area contributed by atoms with E-state index in [4.69, 9.17) is 23.2 Å². The Morgan fingerprint density at radius 2 is 2.32 bits per heavy atom. The summed E-state index contributed by atoms with van der Waals surface area (Å²) in [7, 11) is 1.80. The predicted octanol–water partition coefficient (Wildman–Crippen LogP) is 2.25. The Morgan fingerprint density at radius 3 is 2.95 bits per heavy atom. The minimum atomic E-state index is -0.232. The van der Waals surface area contributed by atoms with Crippen LogP contribution in [0.4, 0.5) is 5.82 Å². The standard InChI is InChI=1S/C10H9Cl2N5OS/c1-17-5-14-16-10(17)19-4-8(18)15-9-7(12)2-6(11)3-13-9/h2-3,5H,4H2,1H3,(H,13,15,18). The number of nitrogens with zero attached hydrogens (tertiary/aromatic N) is 4. The summed E-state index contributed by atoms with van der Waals surface area (Å²) in [5, 5.41) is 11.5. The third-order valence-corrected chi connectivity index (χ3v) is 3.60. The molecule has 9 heteroatoms. The molecule has 0 radical (unpaired) electrons. The second-order valence-corrected chi connectivity index (χ2v) is 5.33. The monoisotopic (exact) mass is 317 g/mol. The van der Waals surface area contributed by atoms with Crippen LogP contribution in [0.15, 0.2) is 23.7 Å². The van der Waals surface area contributed by atoms with Crippen LogP contribution < -0.4 is 5.32 Å². The number of hydrogen-bond acceptors (Lipinski definition) is 5. The number of halogens is 2. The first-order valence-electron chi connectivity index (χ1n) is 5.14. The molecular formula is C10H9Cl2N5OS. The average Bonchev–Trinajstić information content (AvgIpc) is 2.76. The molecule has 0 aliphatic heterocycles. The zero-order valence-corrected chi connectivity index (χ0v) is 12.1. The molecule has 2 aromatic rings. The summed E-state index contributed by atoms with van der Waals surface area (Å²) >= 11 is 12.9. The minimum absolute atomic E-state index is 0.188. The first kappa shape index (κ1) is 14.1. The fourth-order valence-electron chi connectivity index (χ4n) is 1.21. The Hall–Kier alpha value is -1.31. The number of pyridine rings is 1. The molecule has 0 aliphatic rings. The number of aryl methyl sites for hydroxylation is 1. The average molecular weight is 318 g/mol. The number of nitrogens with one attached hydrogen (secondary N) is 1. The van der Waals surface area contributed by atoms with Crippen molar-refractivity contribution in [3.8, 4) is 0 Å². The van der Waals surface area contributed by atoms with Gasteiger partial charge in [0.15, 0.2) is 11.0 Å². The van der Waals surface area contributed by atoms with Gasteiger partial charge in [-0.25, -0.2) is 4.98 Å². The lowest BCUT2D eigenvalue weighted by molar-refractivity contribution is -0.113. The first-order chi connectivity index (χ1) is 9.06. The fraction of sp³-hybridized carbons (Fsp3) is 0.200. The van der Waals surface area contributed by atoms with Crippen LogP contribution in [0, 0.1) is 0 Å². The number of anilines is 1. The van der Waals surface area contributed by atoms with E-state index in [1.807, 2.05) is 0 Å². The second kappa shape index (κ2) is 6.23. The maximum atomic E-state index is 11.7. The van der Waals surface area contributed by atoms with Crippen LogP contribution in [-0.4, -0.2) is 31.4 Å². The highest BCUT2D eigenvalue weighted by atomic mass is 35.5. The highest BCUT2D eigenvalue weighted by Gasteiger charge is 2.10. The molecule has 0 unspecified atom stereocenters. The molecule has 0 fully saturated rings. The van der Waals surface area contributed by atoms with E-state index in [0.29, 0.717) is 15.2 Å². The molecule has 0 bridgehead atoms. The van der Waals surface area contributed by atoms with E-state index in [1.54, 1.807) is 17.9 Å². The van der Waals surface area contributed by atoms with Gasteiger partial charge in [0.05, 0.1) is 15.8 Å². The molecule has 0 aliphatic carbocycles. The van der Waals surface area contributed by atoms with Gasteiger partial charge in [0.25, 0.3) is 0 Å². The number of carbonyl (C=O) groups is 1. The van der Waals surface area contributed by atoms with Crippen molar-refractivity contribution in [3.63, 3.8) is 0 Å². The molecular weight excluding hydrogens is 309 g/mol. The molecule has 0 aromatic carbocycles. The summed E-state index contributed by atoms with van der Waals surface area (Å²) in [6.45, 7) is 0. The van der Waals surface area contributed by atoms with Crippen LogP contribution >= 0.6 is 35.0 Å². The SMILES string of the molecule is Cn1cnnc1SCC(=O)Nc1ncc(Cl)cc1Cl. The van der Waals surface area contributed by atoms with Gasteiger partial charge in [0, 0.05) is 13.2 Å². The third kappa shape index (κ3) is 3.82. The number of amides is 1. The highest BCUT2D eigenvalue weighted by molar-refractivity contribution is 7.99. The van der Waals surface area contributed by atoms with Crippen LogP contribution in [0.3, 0.4) is 0 Å². The third-order valence-electron chi connectivity index (χ3n) is 2.07. The summed E-state index contributed by atoms with van der Waals surface area (Å²) in [6.07, 6.45) is 2.98. The van der Waals surface area contributed by atoms with Crippen molar-refractivity contribution >= 4 is 46.7 Å². The van der Waals surface area contributed by atoms with E-state index < -0.39 is 0 Å². The maximum absolute atomic E-state index is 11.7. The molecule has 0 saturated heterocycles. The molecule has 1 N–H and O–H groups in total. The van der Waals surface area contributed by atoms with E-state index in [0.717, 1.165) is 0 Å². The lowest BCUT2D eigenvalue weighted by Gasteiger charge is -2.05. The van der Waals surface area contributed by atoms with Crippen LogP contribution in [0.1, 0.15) is 0 Å². The summed E-state index contributed by atoms with van der Waals surface area (Å²) < 4.78 is 1.73. The Balaban J connectivity index is 1.93. The first-order valence-corrected chi connectivity index (χ1v) is 6.88. The van der Waals surface area contributed by atoms with E-state index in [9.17, 15) is 4.79 Å². The Labute approximate surface area is 123 Å². The molecule has 19 heavy (non-hydrogen) atoms. The van der Waals surface area contributed by atoms with Gasteiger partial charge in [0.1, 0.15) is 6.33 Å². The van der Waals surface area contributed by atoms with Gasteiger partial charge >= 0.3 is 0 Å². The smallest absolute Gasteiger partial charge is 0.236 e. The lowest BCUT2D eigenvalue weighted by Crippen LogP contribution is -2.15. The zero-order valence-electron chi connectivity index (χ0n) is 9.80. The Bertz CT molecular complexity index is 603. The predicted molar refractivity (Wildman–Crippen MR) is 74.6 cm³/mol. The second-order valence-electron chi connectivity index (χ2n) is 3.55. The van der Waals surface area contributed by atoms with Crippen molar-refractivity contribution in [1.82, 2.24) is 19.7 Å². The largest absolute Gasteiger partial charge is 0.312 e. The Kier molecular flexibility index (Phi) is 4.62. The molecule has 1 amide bonds. The van der Waals surface area contributed by atoms with Crippen molar-refractivity contribution < 1.29 is 4.79 Å². The quantitative estimate of drug-likeness (QED) is 0.875. The highest BCUT2D eigenvalue weighted by Crippen LogP contribution is 2.23. The summed E-state index contributed by atoms with van der Waals surface area (Å²) in [5.41, 5.74) is 0. The van der Waals surface area contributed by atoms with E-state index in [2.05, 4.69) is 20.5 Å². The van der Waals surface area contributed by atoms with Crippen molar-refractivity contribution in [2.75, 3.05) is 11.1 Å². The van der Waals surface area contributed by atoms with E-state index in [-0.39, 0.29) is 17.5 Å². The van der Waals surface area contributed by atoms with Crippen LogP contribution in [0.5, 0.6) is 0 Å². The van der Waals surface area contributed by atoms with E-state index in [1.165, 1.54) is 24.0 Å². The maximum Gasteiger partial charge on any atom is 0.236 e. The number of carbonyl (C=O) groups excluding carboxylic acids is 1. The number of aromatic nitrogens is 4. The van der Waals surface area contributed by atoms with Gasteiger partial charge in [-0.3, -0.25) is 4.79 Å².